The number of hydrogen-bond donors (Lipinski definition) is 2. The summed E-state index contributed by atoms with van der Waals surface area (Å²) in [6.45, 7) is 0. The second-order valence-corrected chi connectivity index (χ2v) is 5.08. The summed E-state index contributed by atoms with van der Waals surface area (Å²) in [5.41, 5.74) is 0. The van der Waals surface area contributed by atoms with E-state index in [4.69, 9.17) is 0 Å². The first-order chi connectivity index (χ1) is 8.21. The van der Waals surface area contributed by atoms with E-state index in [9.17, 15) is 8.42 Å². The predicted molar refractivity (Wildman–Crippen MR) is 76.3 cm³/mol. The molecule has 0 spiro atoms. The minimum atomic E-state index is -3.34. The lowest BCUT2D eigenvalue weighted by molar-refractivity contribution is 0.596. The van der Waals surface area contributed by atoms with Crippen LogP contribution in [0.1, 0.15) is 0 Å². The highest BCUT2D eigenvalue weighted by Gasteiger charge is 2.15. The minimum absolute atomic E-state index is 0.330. The summed E-state index contributed by atoms with van der Waals surface area (Å²) >= 11 is 6.44. The molecule has 17 heavy (non-hydrogen) atoms. The van der Waals surface area contributed by atoms with Gasteiger partial charge in [0.25, 0.3) is 0 Å². The molecule has 0 radical (unpaired) electrons. The highest BCUT2D eigenvalue weighted by atomic mass is 33.1. The summed E-state index contributed by atoms with van der Waals surface area (Å²) in [7, 11) is -3.34. The molecule has 0 saturated carbocycles. The van der Waals surface area contributed by atoms with Crippen LogP contribution in [0.15, 0.2) is 70.5 Å². The maximum absolute atomic E-state index is 12.0. The van der Waals surface area contributed by atoms with Crippen molar-refractivity contribution >= 4 is 33.2 Å². The van der Waals surface area contributed by atoms with Crippen molar-refractivity contribution < 1.29 is 8.42 Å². The van der Waals surface area contributed by atoms with Gasteiger partial charge >= 0.3 is 0 Å². The molecule has 0 unspecified atom stereocenters. The second-order valence-electron chi connectivity index (χ2n) is 3.13. The Morgan fingerprint density at radius 3 is 1.24 bits per heavy atom. The first-order valence-electron chi connectivity index (χ1n) is 4.76. The van der Waals surface area contributed by atoms with Crippen LogP contribution in [0.4, 0.5) is 0 Å². The summed E-state index contributed by atoms with van der Waals surface area (Å²) in [5, 5.41) is 0. The predicted octanol–water partition coefficient (Wildman–Crippen LogP) is 3.28. The van der Waals surface area contributed by atoms with Gasteiger partial charge in [-0.05, 0) is 24.3 Å². The normalized spacial score (nSPS) is 10.2. The van der Waals surface area contributed by atoms with Crippen LogP contribution in [0, 0.1) is 0 Å². The van der Waals surface area contributed by atoms with E-state index >= 15 is 0 Å². The zero-order valence-corrected chi connectivity index (χ0v) is 11.5. The maximum atomic E-state index is 12.0. The lowest BCUT2D eigenvalue weighted by Gasteiger charge is -2.03. The van der Waals surface area contributed by atoms with E-state index in [1.54, 1.807) is 60.7 Å². The van der Waals surface area contributed by atoms with Crippen LogP contribution in [-0.4, -0.2) is 8.42 Å². The molecule has 0 fully saturated rings. The molecule has 0 bridgehead atoms. The maximum Gasteiger partial charge on any atom is 0.206 e. The molecule has 2 rings (SSSR count). The van der Waals surface area contributed by atoms with E-state index in [1.807, 2.05) is 0 Å². The van der Waals surface area contributed by atoms with Crippen molar-refractivity contribution in [3.63, 3.8) is 0 Å². The number of thiol groups is 2. The van der Waals surface area contributed by atoms with Gasteiger partial charge in [-0.15, -0.1) is 23.3 Å². The molecule has 2 aromatic carbocycles. The Hall–Kier alpha value is -0.910. The van der Waals surface area contributed by atoms with Crippen molar-refractivity contribution in [2.45, 2.75) is 9.79 Å². The Kier molecular flexibility index (Phi) is 5.61. The molecular weight excluding hydrogens is 272 g/mol. The lowest BCUT2D eigenvalue weighted by Crippen LogP contribution is -2.00. The van der Waals surface area contributed by atoms with Gasteiger partial charge in [0, 0.05) is 0 Å². The second kappa shape index (κ2) is 6.74. The van der Waals surface area contributed by atoms with Crippen LogP contribution in [0.5, 0.6) is 0 Å². The number of hydrogen-bond acceptors (Lipinski definition) is 4. The fourth-order valence-corrected chi connectivity index (χ4v) is 2.64. The van der Waals surface area contributed by atoms with Crippen molar-refractivity contribution in [2.75, 3.05) is 0 Å². The Bertz CT molecular complexity index is 491. The fourth-order valence-electron chi connectivity index (χ4n) is 1.34. The minimum Gasteiger partial charge on any atom is -0.219 e. The van der Waals surface area contributed by atoms with Gasteiger partial charge in [-0.25, -0.2) is 8.42 Å². The van der Waals surface area contributed by atoms with Gasteiger partial charge in [-0.2, -0.15) is 0 Å². The van der Waals surface area contributed by atoms with Crippen LogP contribution in [0.25, 0.3) is 0 Å². The van der Waals surface area contributed by atoms with Crippen LogP contribution in [0.2, 0.25) is 0 Å². The molecule has 90 valence electrons. The zero-order valence-electron chi connectivity index (χ0n) is 8.89. The third-order valence-electron chi connectivity index (χ3n) is 2.11. The first-order valence-corrected chi connectivity index (χ1v) is 7.85. The van der Waals surface area contributed by atoms with Crippen molar-refractivity contribution in [3.8, 4) is 0 Å². The van der Waals surface area contributed by atoms with Gasteiger partial charge < -0.3 is 0 Å². The average Bonchev–Trinajstić information content (AvgIpc) is 2.43. The summed E-state index contributed by atoms with van der Waals surface area (Å²) in [4.78, 5) is 0.660. The van der Waals surface area contributed by atoms with Gasteiger partial charge in [0.15, 0.2) is 0 Å². The van der Waals surface area contributed by atoms with Crippen LogP contribution >= 0.6 is 23.3 Å². The van der Waals surface area contributed by atoms with Crippen LogP contribution < -0.4 is 0 Å². The largest absolute Gasteiger partial charge is 0.219 e. The molecule has 2 nitrogen and oxygen atoms in total. The molecule has 0 amide bonds. The molecule has 0 heterocycles. The van der Waals surface area contributed by atoms with Crippen molar-refractivity contribution in [1.82, 2.24) is 0 Å². The Morgan fingerprint density at radius 1 is 0.647 bits per heavy atom. The van der Waals surface area contributed by atoms with E-state index in [0.717, 1.165) is 0 Å². The fraction of sp³-hybridized carbons (Fsp3) is 0. The average molecular weight is 284 g/mol. The van der Waals surface area contributed by atoms with Gasteiger partial charge in [0.05, 0.1) is 9.79 Å². The van der Waals surface area contributed by atoms with Gasteiger partial charge in [0.1, 0.15) is 0 Å². The van der Waals surface area contributed by atoms with Gasteiger partial charge in [-0.1, -0.05) is 36.4 Å². The third-order valence-corrected chi connectivity index (χ3v) is 3.89. The lowest BCUT2D eigenvalue weighted by atomic mass is 10.4. The van der Waals surface area contributed by atoms with E-state index in [0.29, 0.717) is 9.79 Å². The quantitative estimate of drug-likeness (QED) is 0.655. The molecule has 0 aliphatic carbocycles. The third kappa shape index (κ3) is 3.52. The zero-order chi connectivity index (χ0) is 12.7. The monoisotopic (exact) mass is 284 g/mol. The molecule has 2 aromatic rings. The van der Waals surface area contributed by atoms with Crippen molar-refractivity contribution in [1.29, 1.82) is 0 Å². The molecule has 0 aliphatic heterocycles. The Labute approximate surface area is 112 Å². The standard InChI is InChI=1S/C12H10O2S.H2S2/c13-15(14,11-7-3-1-4-8-11)12-9-5-2-6-10-12;1-2/h1-10H;1-2H. The van der Waals surface area contributed by atoms with Gasteiger partial charge in [-0.3, -0.25) is 0 Å². The highest BCUT2D eigenvalue weighted by molar-refractivity contribution is 8.59. The van der Waals surface area contributed by atoms with E-state index in [1.165, 1.54) is 0 Å². The van der Waals surface area contributed by atoms with Crippen molar-refractivity contribution in [3.05, 3.63) is 60.7 Å². The first kappa shape index (κ1) is 14.2. The van der Waals surface area contributed by atoms with Crippen LogP contribution in [0.3, 0.4) is 0 Å². The molecule has 0 aromatic heterocycles. The summed E-state index contributed by atoms with van der Waals surface area (Å²) in [5.74, 6) is 0. The molecule has 0 atom stereocenters. The highest BCUT2D eigenvalue weighted by Crippen LogP contribution is 2.19. The molecule has 0 aliphatic rings. The molecule has 0 N–H and O–H groups in total. The number of rotatable bonds is 2. The van der Waals surface area contributed by atoms with E-state index in [2.05, 4.69) is 23.3 Å². The Morgan fingerprint density at radius 2 is 0.941 bits per heavy atom. The summed E-state index contributed by atoms with van der Waals surface area (Å²) in [6.07, 6.45) is 0. The van der Waals surface area contributed by atoms with E-state index < -0.39 is 9.84 Å². The topological polar surface area (TPSA) is 34.1 Å². The SMILES string of the molecule is O=S(=O)(c1ccccc1)c1ccccc1.SS. The molecule has 0 saturated heterocycles. The molecular formula is C12H12O2S3. The Balaban J connectivity index is 0.000000686. The van der Waals surface area contributed by atoms with Crippen molar-refractivity contribution in [2.24, 2.45) is 0 Å². The van der Waals surface area contributed by atoms with E-state index in [-0.39, 0.29) is 0 Å². The summed E-state index contributed by atoms with van der Waals surface area (Å²) < 4.78 is 24.1. The number of benzene rings is 2. The van der Waals surface area contributed by atoms with Crippen LogP contribution in [-0.2, 0) is 9.84 Å². The summed E-state index contributed by atoms with van der Waals surface area (Å²) in [6, 6.07) is 16.9. The van der Waals surface area contributed by atoms with Gasteiger partial charge in [0.2, 0.25) is 9.84 Å². The smallest absolute Gasteiger partial charge is 0.206 e. The molecule has 5 heteroatoms. The number of sulfone groups is 1.